The summed E-state index contributed by atoms with van der Waals surface area (Å²) in [6.07, 6.45) is 3.83. The minimum atomic E-state index is 0.555. The average molecular weight is 261 g/mol. The molecule has 1 unspecified atom stereocenters. The molecule has 0 aromatic carbocycles. The van der Waals surface area contributed by atoms with Gasteiger partial charge in [-0.25, -0.2) is 4.98 Å². The van der Waals surface area contributed by atoms with E-state index in [2.05, 4.69) is 10.3 Å². The van der Waals surface area contributed by atoms with Crippen LogP contribution in [0.15, 0.2) is 12.3 Å². The van der Waals surface area contributed by atoms with Crippen LogP contribution in [0.4, 0.5) is 5.82 Å². The molecule has 1 saturated heterocycles. The molecule has 88 valence electrons. The maximum absolute atomic E-state index is 5.99. The van der Waals surface area contributed by atoms with Crippen LogP contribution in [0.2, 0.25) is 10.0 Å². The minimum absolute atomic E-state index is 0.555. The van der Waals surface area contributed by atoms with Crippen LogP contribution in [0.3, 0.4) is 0 Å². The zero-order valence-corrected chi connectivity index (χ0v) is 10.4. The van der Waals surface area contributed by atoms with Crippen LogP contribution in [0.1, 0.15) is 12.8 Å². The van der Waals surface area contributed by atoms with Gasteiger partial charge in [-0.2, -0.15) is 0 Å². The molecule has 5 heteroatoms. The first-order valence-electron chi connectivity index (χ1n) is 5.38. The molecule has 1 atom stereocenters. The number of rotatable bonds is 4. The highest BCUT2D eigenvalue weighted by molar-refractivity contribution is 6.35. The van der Waals surface area contributed by atoms with E-state index in [4.69, 9.17) is 27.9 Å². The fourth-order valence-electron chi connectivity index (χ4n) is 1.75. The van der Waals surface area contributed by atoms with E-state index in [1.54, 1.807) is 12.3 Å². The number of hydrogen-bond donors (Lipinski definition) is 1. The molecular formula is C11H14Cl2N2O. The SMILES string of the molecule is Clc1cnc(NCCC2CCOC2)c(Cl)c1. The Morgan fingerprint density at radius 3 is 3.06 bits per heavy atom. The molecule has 1 N–H and O–H groups in total. The molecule has 0 bridgehead atoms. The fourth-order valence-corrected chi connectivity index (χ4v) is 2.20. The van der Waals surface area contributed by atoms with E-state index in [1.165, 1.54) is 0 Å². The summed E-state index contributed by atoms with van der Waals surface area (Å²) in [5.74, 6) is 1.36. The molecule has 0 saturated carbocycles. The van der Waals surface area contributed by atoms with Gasteiger partial charge < -0.3 is 10.1 Å². The summed E-state index contributed by atoms with van der Waals surface area (Å²) in [5.41, 5.74) is 0. The second-order valence-electron chi connectivity index (χ2n) is 3.93. The number of ether oxygens (including phenoxy) is 1. The van der Waals surface area contributed by atoms with Crippen LogP contribution in [-0.2, 0) is 4.74 Å². The molecule has 0 radical (unpaired) electrons. The zero-order valence-electron chi connectivity index (χ0n) is 8.88. The zero-order chi connectivity index (χ0) is 11.4. The molecule has 3 nitrogen and oxygen atoms in total. The van der Waals surface area contributed by atoms with Crippen molar-refractivity contribution in [3.63, 3.8) is 0 Å². The normalized spacial score (nSPS) is 20.0. The van der Waals surface area contributed by atoms with Crippen LogP contribution in [0.5, 0.6) is 0 Å². The highest BCUT2D eigenvalue weighted by Gasteiger charge is 2.15. The van der Waals surface area contributed by atoms with E-state index >= 15 is 0 Å². The standard InChI is InChI=1S/C11H14Cl2N2O/c12-9-5-10(13)11(15-6-9)14-3-1-8-2-4-16-7-8/h5-6,8H,1-4,7H2,(H,14,15). The Morgan fingerprint density at radius 2 is 2.38 bits per heavy atom. The van der Waals surface area contributed by atoms with E-state index in [-0.39, 0.29) is 0 Å². The molecule has 1 aromatic rings. The first kappa shape index (κ1) is 12.0. The molecule has 1 aromatic heterocycles. The summed E-state index contributed by atoms with van der Waals surface area (Å²) in [7, 11) is 0. The summed E-state index contributed by atoms with van der Waals surface area (Å²) in [5, 5.41) is 4.33. The minimum Gasteiger partial charge on any atom is -0.381 e. The van der Waals surface area contributed by atoms with Crippen molar-refractivity contribution in [2.24, 2.45) is 5.92 Å². The van der Waals surface area contributed by atoms with Crippen molar-refractivity contribution in [2.75, 3.05) is 25.1 Å². The summed E-state index contributed by atoms with van der Waals surface area (Å²) >= 11 is 11.8. The van der Waals surface area contributed by atoms with Gasteiger partial charge in [0.2, 0.25) is 0 Å². The van der Waals surface area contributed by atoms with Gasteiger partial charge in [-0.3, -0.25) is 0 Å². The number of anilines is 1. The molecule has 0 spiro atoms. The Bertz CT molecular complexity index is 354. The van der Waals surface area contributed by atoms with Crippen LogP contribution in [0, 0.1) is 5.92 Å². The lowest BCUT2D eigenvalue weighted by Crippen LogP contribution is -2.10. The predicted molar refractivity (Wildman–Crippen MR) is 66.3 cm³/mol. The third-order valence-electron chi connectivity index (χ3n) is 2.68. The van der Waals surface area contributed by atoms with Crippen LogP contribution in [0.25, 0.3) is 0 Å². The molecule has 1 fully saturated rings. The summed E-state index contributed by atoms with van der Waals surface area (Å²) in [4.78, 5) is 4.14. The van der Waals surface area contributed by atoms with E-state index in [0.29, 0.717) is 21.8 Å². The Labute approximate surface area is 105 Å². The molecule has 2 heterocycles. The predicted octanol–water partition coefficient (Wildman–Crippen LogP) is 3.23. The Kier molecular flexibility index (Phi) is 4.27. The maximum Gasteiger partial charge on any atom is 0.144 e. The smallest absolute Gasteiger partial charge is 0.144 e. The molecule has 0 amide bonds. The number of halogens is 2. The van der Waals surface area contributed by atoms with E-state index < -0.39 is 0 Å². The van der Waals surface area contributed by atoms with Gasteiger partial charge in [0.1, 0.15) is 5.82 Å². The second-order valence-corrected chi connectivity index (χ2v) is 4.77. The molecule has 0 aliphatic carbocycles. The topological polar surface area (TPSA) is 34.2 Å². The third kappa shape index (κ3) is 3.24. The molecule has 2 rings (SSSR count). The maximum atomic E-state index is 5.99. The van der Waals surface area contributed by atoms with Gasteiger partial charge in [0.25, 0.3) is 0 Å². The highest BCUT2D eigenvalue weighted by atomic mass is 35.5. The van der Waals surface area contributed by atoms with Crippen molar-refractivity contribution in [1.29, 1.82) is 0 Å². The summed E-state index contributed by atoms with van der Waals surface area (Å²) in [6.45, 7) is 2.64. The lowest BCUT2D eigenvalue weighted by atomic mass is 10.1. The van der Waals surface area contributed by atoms with E-state index in [1.807, 2.05) is 0 Å². The number of aromatic nitrogens is 1. The van der Waals surface area contributed by atoms with E-state index in [0.717, 1.165) is 32.6 Å². The monoisotopic (exact) mass is 260 g/mol. The van der Waals surface area contributed by atoms with Crippen LogP contribution in [-0.4, -0.2) is 24.7 Å². The second kappa shape index (κ2) is 5.71. The Morgan fingerprint density at radius 1 is 1.50 bits per heavy atom. The van der Waals surface area contributed by atoms with Crippen molar-refractivity contribution >= 4 is 29.0 Å². The summed E-state index contributed by atoms with van der Waals surface area (Å²) in [6, 6.07) is 1.69. The van der Waals surface area contributed by atoms with Gasteiger partial charge in [0.15, 0.2) is 0 Å². The van der Waals surface area contributed by atoms with Gasteiger partial charge in [0.05, 0.1) is 10.0 Å². The number of nitrogens with one attached hydrogen (secondary N) is 1. The first-order valence-corrected chi connectivity index (χ1v) is 6.14. The van der Waals surface area contributed by atoms with Gasteiger partial charge in [-0.1, -0.05) is 23.2 Å². The summed E-state index contributed by atoms with van der Waals surface area (Å²) < 4.78 is 5.31. The Hall–Kier alpha value is -0.510. The molecular weight excluding hydrogens is 247 g/mol. The fraction of sp³-hybridized carbons (Fsp3) is 0.545. The van der Waals surface area contributed by atoms with Crippen molar-refractivity contribution < 1.29 is 4.74 Å². The van der Waals surface area contributed by atoms with Gasteiger partial charge in [0, 0.05) is 26.0 Å². The van der Waals surface area contributed by atoms with Crippen molar-refractivity contribution in [1.82, 2.24) is 4.98 Å². The van der Waals surface area contributed by atoms with Crippen LogP contribution < -0.4 is 5.32 Å². The van der Waals surface area contributed by atoms with Crippen molar-refractivity contribution in [3.8, 4) is 0 Å². The molecule has 1 aliphatic rings. The molecule has 16 heavy (non-hydrogen) atoms. The van der Waals surface area contributed by atoms with Gasteiger partial charge in [-0.05, 0) is 24.8 Å². The number of pyridine rings is 1. The lowest BCUT2D eigenvalue weighted by molar-refractivity contribution is 0.185. The van der Waals surface area contributed by atoms with Crippen molar-refractivity contribution in [2.45, 2.75) is 12.8 Å². The van der Waals surface area contributed by atoms with Crippen LogP contribution >= 0.6 is 23.2 Å². The number of hydrogen-bond acceptors (Lipinski definition) is 3. The van der Waals surface area contributed by atoms with Crippen molar-refractivity contribution in [3.05, 3.63) is 22.3 Å². The quantitative estimate of drug-likeness (QED) is 0.903. The van der Waals surface area contributed by atoms with Gasteiger partial charge >= 0.3 is 0 Å². The van der Waals surface area contributed by atoms with E-state index in [9.17, 15) is 0 Å². The van der Waals surface area contributed by atoms with Gasteiger partial charge in [-0.15, -0.1) is 0 Å². The third-order valence-corrected chi connectivity index (χ3v) is 3.17. The largest absolute Gasteiger partial charge is 0.381 e. The molecule has 1 aliphatic heterocycles. The average Bonchev–Trinajstić information content (AvgIpc) is 2.74. The first-order chi connectivity index (χ1) is 7.75. The highest BCUT2D eigenvalue weighted by Crippen LogP contribution is 2.23. The Balaban J connectivity index is 1.80. The lowest BCUT2D eigenvalue weighted by Gasteiger charge is -2.10. The number of nitrogens with zero attached hydrogens (tertiary/aromatic N) is 1.